The highest BCUT2D eigenvalue weighted by atomic mass is 31.2. The van der Waals surface area contributed by atoms with Gasteiger partial charge < -0.3 is 15.8 Å². The second-order valence-corrected chi connectivity index (χ2v) is 8.36. The van der Waals surface area contributed by atoms with E-state index >= 15 is 0 Å². The van der Waals surface area contributed by atoms with Gasteiger partial charge >= 0.3 is 13.8 Å². The number of carbonyl (C=O) groups is 2. The minimum atomic E-state index is -4.05. The number of phosphoric acid groups is 1. The van der Waals surface area contributed by atoms with Crippen molar-refractivity contribution in [3.8, 4) is 0 Å². The quantitative estimate of drug-likeness (QED) is 0.287. The minimum Gasteiger partial charge on any atom is -0.458 e. The first-order valence-electron chi connectivity index (χ1n) is 8.43. The van der Waals surface area contributed by atoms with Crippen LogP contribution in [-0.2, 0) is 32.5 Å². The maximum atomic E-state index is 12.7. The first-order chi connectivity index (χ1) is 12.3. The monoisotopic (exact) mass is 406 g/mol. The Bertz CT molecular complexity index is 556. The molecule has 0 aliphatic heterocycles. The number of hydrogen-bond acceptors (Lipinski definition) is 8. The maximum absolute atomic E-state index is 12.7. The average molecular weight is 406 g/mol. The summed E-state index contributed by atoms with van der Waals surface area (Å²) in [4.78, 5) is 24.5. The topological polar surface area (TPSA) is 126 Å². The zero-order valence-corrected chi connectivity index (χ0v) is 17.5. The molecule has 3 N–H and O–H groups in total. The predicted molar refractivity (Wildman–Crippen MR) is 102 cm³/mol. The van der Waals surface area contributed by atoms with Crippen molar-refractivity contribution in [1.82, 2.24) is 5.32 Å². The van der Waals surface area contributed by atoms with E-state index in [-0.39, 0.29) is 13.2 Å². The van der Waals surface area contributed by atoms with Gasteiger partial charge in [-0.1, -0.05) is 12.2 Å². The summed E-state index contributed by atoms with van der Waals surface area (Å²) >= 11 is 0. The molecule has 156 valence electrons. The van der Waals surface area contributed by atoms with Gasteiger partial charge in [0, 0.05) is 0 Å². The van der Waals surface area contributed by atoms with Gasteiger partial charge in [0.25, 0.3) is 0 Å². The van der Waals surface area contributed by atoms with Gasteiger partial charge in [-0.05, 0) is 34.6 Å². The van der Waals surface area contributed by atoms with Gasteiger partial charge in [0.2, 0.25) is 5.91 Å². The Balaban J connectivity index is 5.48. The highest BCUT2D eigenvalue weighted by Gasteiger charge is 2.38. The van der Waals surface area contributed by atoms with E-state index in [1.54, 1.807) is 20.8 Å². The van der Waals surface area contributed by atoms with Gasteiger partial charge in [-0.3, -0.25) is 18.4 Å². The third-order valence-corrected chi connectivity index (χ3v) is 4.36. The highest BCUT2D eigenvalue weighted by Crippen LogP contribution is 2.50. The van der Waals surface area contributed by atoms with Crippen LogP contribution in [0.5, 0.6) is 0 Å². The van der Waals surface area contributed by atoms with E-state index in [2.05, 4.69) is 18.5 Å². The summed E-state index contributed by atoms with van der Waals surface area (Å²) in [6.07, 6.45) is 1.62. The third-order valence-electron chi connectivity index (χ3n) is 2.84. The molecule has 0 bridgehead atoms. The average Bonchev–Trinajstić information content (AvgIpc) is 2.53. The second-order valence-electron chi connectivity index (χ2n) is 6.74. The molecule has 0 aliphatic carbocycles. The number of nitrogens with one attached hydrogen (secondary N) is 1. The molecule has 0 unspecified atom stereocenters. The smallest absolute Gasteiger partial charge is 0.458 e. The van der Waals surface area contributed by atoms with Crippen LogP contribution in [0.3, 0.4) is 0 Å². The summed E-state index contributed by atoms with van der Waals surface area (Å²) in [6, 6.07) is -2.15. The lowest BCUT2D eigenvalue weighted by Crippen LogP contribution is -2.54. The predicted octanol–water partition coefficient (Wildman–Crippen LogP) is 2.08. The van der Waals surface area contributed by atoms with Crippen molar-refractivity contribution in [2.45, 2.75) is 58.4 Å². The number of rotatable bonds is 12. The lowest BCUT2D eigenvalue weighted by Gasteiger charge is -2.29. The van der Waals surface area contributed by atoms with Crippen molar-refractivity contribution in [2.75, 3.05) is 13.2 Å². The van der Waals surface area contributed by atoms with E-state index in [1.165, 1.54) is 26.0 Å². The maximum Gasteiger partial charge on any atom is 0.475 e. The summed E-state index contributed by atoms with van der Waals surface area (Å²) in [7, 11) is -4.05. The van der Waals surface area contributed by atoms with Gasteiger partial charge in [-0.15, -0.1) is 13.2 Å². The molecule has 0 aromatic rings. The molecule has 0 aromatic heterocycles. The van der Waals surface area contributed by atoms with Gasteiger partial charge in [0.05, 0.1) is 25.4 Å². The first-order valence-corrected chi connectivity index (χ1v) is 9.89. The number of amides is 1. The van der Waals surface area contributed by atoms with E-state index in [9.17, 15) is 14.2 Å². The Hall–Kier alpha value is -1.51. The Morgan fingerprint density at radius 1 is 1.15 bits per heavy atom. The molecule has 0 spiro atoms. The Kier molecular flexibility index (Phi) is 10.7. The van der Waals surface area contributed by atoms with Crippen molar-refractivity contribution >= 4 is 19.7 Å². The molecule has 1 amide bonds. The second kappa shape index (κ2) is 11.4. The van der Waals surface area contributed by atoms with E-state index in [0.29, 0.717) is 0 Å². The molecule has 0 aromatic carbocycles. The molecular weight excluding hydrogens is 375 g/mol. The Morgan fingerprint density at radius 3 is 2.00 bits per heavy atom. The van der Waals surface area contributed by atoms with E-state index in [1.807, 2.05) is 0 Å². The third kappa shape index (κ3) is 10.4. The van der Waals surface area contributed by atoms with Crippen LogP contribution in [0.15, 0.2) is 25.3 Å². The SMILES string of the molecule is C=CCOP(=O)(OCC=C)O[C@H](C)[C@H](NC(=O)[C@H](C)N)C(=O)OC(C)(C)C. The summed E-state index contributed by atoms with van der Waals surface area (Å²) in [6.45, 7) is 14.6. The van der Waals surface area contributed by atoms with Crippen LogP contribution in [0.1, 0.15) is 34.6 Å². The molecule has 3 atom stereocenters. The molecule has 10 heteroatoms. The van der Waals surface area contributed by atoms with Gasteiger partial charge in [-0.25, -0.2) is 9.36 Å². The number of ether oxygens (including phenoxy) is 1. The van der Waals surface area contributed by atoms with Crippen LogP contribution >= 0.6 is 7.82 Å². The van der Waals surface area contributed by atoms with E-state index < -0.39 is 43.5 Å². The molecule has 27 heavy (non-hydrogen) atoms. The fourth-order valence-corrected chi connectivity index (χ4v) is 2.97. The molecule has 0 saturated heterocycles. The number of nitrogens with two attached hydrogens (primary N) is 1. The van der Waals surface area contributed by atoms with E-state index in [4.69, 9.17) is 24.0 Å². The van der Waals surface area contributed by atoms with Gasteiger partial charge in [-0.2, -0.15) is 0 Å². The van der Waals surface area contributed by atoms with Crippen molar-refractivity contribution in [3.05, 3.63) is 25.3 Å². The molecule has 0 rings (SSSR count). The zero-order chi connectivity index (χ0) is 21.3. The fourth-order valence-electron chi connectivity index (χ4n) is 1.67. The zero-order valence-electron chi connectivity index (χ0n) is 16.6. The van der Waals surface area contributed by atoms with Crippen molar-refractivity contribution in [2.24, 2.45) is 5.73 Å². The molecule has 0 fully saturated rings. The largest absolute Gasteiger partial charge is 0.475 e. The fraction of sp³-hybridized carbons (Fsp3) is 0.647. The normalized spacial score (nSPS) is 15.3. The molecule has 0 radical (unpaired) electrons. The number of hydrogen-bond donors (Lipinski definition) is 2. The number of phosphoric ester groups is 1. The highest BCUT2D eigenvalue weighted by molar-refractivity contribution is 7.48. The van der Waals surface area contributed by atoms with E-state index in [0.717, 1.165) is 0 Å². The Morgan fingerprint density at radius 2 is 1.63 bits per heavy atom. The van der Waals surface area contributed by atoms with Gasteiger partial charge in [0.15, 0.2) is 6.04 Å². The van der Waals surface area contributed by atoms with Crippen LogP contribution in [-0.4, -0.2) is 48.9 Å². The summed E-state index contributed by atoms with van der Waals surface area (Å²) in [5.74, 6) is -1.38. The summed E-state index contributed by atoms with van der Waals surface area (Å²) in [5, 5.41) is 2.44. The lowest BCUT2D eigenvalue weighted by molar-refractivity contribution is -0.161. The van der Waals surface area contributed by atoms with Crippen LogP contribution in [0.2, 0.25) is 0 Å². The van der Waals surface area contributed by atoms with Crippen molar-refractivity contribution < 1.29 is 32.5 Å². The molecule has 0 heterocycles. The number of esters is 1. The first kappa shape index (κ1) is 25.5. The number of carbonyl (C=O) groups excluding carboxylic acids is 2. The summed E-state index contributed by atoms with van der Waals surface area (Å²) in [5.41, 5.74) is 4.73. The van der Waals surface area contributed by atoms with Crippen molar-refractivity contribution in [3.63, 3.8) is 0 Å². The van der Waals surface area contributed by atoms with Gasteiger partial charge in [0.1, 0.15) is 5.60 Å². The van der Waals surface area contributed by atoms with Crippen molar-refractivity contribution in [1.29, 1.82) is 0 Å². The standard InChI is InChI=1S/C17H31N2O7P/c1-8-10-23-27(22,24-11-9-2)26-13(4)14(19-15(20)12(3)18)16(21)25-17(5,6)7/h8-9,12-14H,1-2,10-11,18H2,3-7H3,(H,19,20)/t12-,13+,14-/m0/s1. The molecule has 9 nitrogen and oxygen atoms in total. The van der Waals surface area contributed by atoms with Crippen LogP contribution in [0.25, 0.3) is 0 Å². The minimum absolute atomic E-state index is 0.107. The Labute approximate surface area is 160 Å². The summed E-state index contributed by atoms with van der Waals surface area (Å²) < 4.78 is 33.6. The molecule has 0 saturated carbocycles. The molecular formula is C17H31N2O7P. The van der Waals surface area contributed by atoms with Crippen LogP contribution < -0.4 is 11.1 Å². The molecule has 0 aliphatic rings. The van der Waals surface area contributed by atoms with Crippen LogP contribution in [0.4, 0.5) is 0 Å². The van der Waals surface area contributed by atoms with Crippen LogP contribution in [0, 0.1) is 0 Å². The lowest BCUT2D eigenvalue weighted by atomic mass is 10.1.